The van der Waals surface area contributed by atoms with Gasteiger partial charge in [-0.25, -0.2) is 4.98 Å². The van der Waals surface area contributed by atoms with Crippen LogP contribution in [0, 0.1) is 10.1 Å². The maximum absolute atomic E-state index is 11.4. The number of nitrogens with zero attached hydrogens (tertiary/aromatic N) is 5. The highest BCUT2D eigenvalue weighted by Crippen LogP contribution is 2.25. The minimum Gasteiger partial charge on any atom is -0.258 e. The summed E-state index contributed by atoms with van der Waals surface area (Å²) >= 11 is 5.66. The Kier molecular flexibility index (Phi) is 3.34. The van der Waals surface area contributed by atoms with Crippen molar-refractivity contribution in [3.63, 3.8) is 0 Å². The summed E-state index contributed by atoms with van der Waals surface area (Å²) in [5.41, 5.74) is -0.311. The average molecular weight is 288 g/mol. The number of rotatable bonds is 3. The lowest BCUT2D eigenvalue weighted by molar-refractivity contribution is -0.384. The first-order valence-electron chi connectivity index (χ1n) is 4.54. The molecule has 10 heteroatoms. The number of aromatic nitrogens is 4. The third-order valence-corrected chi connectivity index (χ3v) is 3.01. The predicted molar refractivity (Wildman–Crippen MR) is 63.2 cm³/mol. The second kappa shape index (κ2) is 4.78. The van der Waals surface area contributed by atoms with Gasteiger partial charge in [-0.15, -0.1) is 10.2 Å². The van der Waals surface area contributed by atoms with Gasteiger partial charge in [-0.1, -0.05) is 11.6 Å². The Morgan fingerprint density at radius 3 is 2.89 bits per heavy atom. The summed E-state index contributed by atoms with van der Waals surface area (Å²) < 4.78 is 12.6. The van der Waals surface area contributed by atoms with Crippen molar-refractivity contribution in [2.45, 2.75) is 5.16 Å². The van der Waals surface area contributed by atoms with E-state index in [9.17, 15) is 14.3 Å². The van der Waals surface area contributed by atoms with E-state index >= 15 is 0 Å². The molecule has 2 aromatic heterocycles. The second-order valence-corrected chi connectivity index (χ2v) is 4.90. The fourth-order valence-electron chi connectivity index (χ4n) is 1.31. The first-order chi connectivity index (χ1) is 8.50. The zero-order valence-electron chi connectivity index (χ0n) is 8.98. The van der Waals surface area contributed by atoms with Crippen LogP contribution in [-0.4, -0.2) is 35.1 Å². The molecule has 18 heavy (non-hydrogen) atoms. The molecule has 94 valence electrons. The van der Waals surface area contributed by atoms with Gasteiger partial charge in [0, 0.05) is 18.5 Å². The van der Waals surface area contributed by atoms with Crippen LogP contribution in [0.25, 0.3) is 5.82 Å². The van der Waals surface area contributed by atoms with Crippen LogP contribution >= 0.6 is 11.6 Å². The molecule has 0 N–H and O–H groups in total. The summed E-state index contributed by atoms with van der Waals surface area (Å²) in [6.07, 6.45) is 3.86. The average Bonchev–Trinajstić information content (AvgIpc) is 2.77. The lowest BCUT2D eigenvalue weighted by atomic mass is 10.4. The van der Waals surface area contributed by atoms with Crippen LogP contribution < -0.4 is 0 Å². The molecule has 0 fully saturated rings. The van der Waals surface area contributed by atoms with E-state index in [1.54, 1.807) is 0 Å². The molecule has 2 rings (SSSR count). The van der Waals surface area contributed by atoms with Gasteiger partial charge < -0.3 is 0 Å². The van der Waals surface area contributed by atoms with Crippen molar-refractivity contribution < 1.29 is 9.13 Å². The van der Waals surface area contributed by atoms with Crippen molar-refractivity contribution in [3.8, 4) is 5.82 Å². The predicted octanol–water partition coefficient (Wildman–Crippen LogP) is 0.961. The van der Waals surface area contributed by atoms with Crippen LogP contribution in [0.5, 0.6) is 0 Å². The SMILES string of the molecule is CS(=O)c1nncn1-c1ncc(Cl)cc1[N+](=O)[O-]. The highest BCUT2D eigenvalue weighted by Gasteiger charge is 2.21. The molecular weight excluding hydrogens is 282 g/mol. The summed E-state index contributed by atoms with van der Waals surface area (Å²) in [5, 5.41) is 18.3. The number of hydrogen-bond acceptors (Lipinski definition) is 6. The Morgan fingerprint density at radius 1 is 1.56 bits per heavy atom. The molecule has 0 aromatic carbocycles. The fraction of sp³-hybridized carbons (Fsp3) is 0.125. The Hall–Kier alpha value is -1.87. The van der Waals surface area contributed by atoms with Crippen molar-refractivity contribution >= 4 is 28.1 Å². The molecule has 0 aliphatic carbocycles. The molecule has 0 aliphatic heterocycles. The molecular formula is C8H6ClN5O3S. The molecule has 0 saturated carbocycles. The maximum atomic E-state index is 11.4. The molecule has 1 unspecified atom stereocenters. The molecule has 0 amide bonds. The summed E-state index contributed by atoms with van der Waals surface area (Å²) in [6.45, 7) is 0. The van der Waals surface area contributed by atoms with Crippen molar-refractivity contribution in [1.82, 2.24) is 19.7 Å². The molecule has 1 atom stereocenters. The first kappa shape index (κ1) is 12.6. The topological polar surface area (TPSA) is 104 Å². The van der Waals surface area contributed by atoms with Gasteiger partial charge in [-0.05, 0) is 0 Å². The lowest BCUT2D eigenvalue weighted by Gasteiger charge is -2.04. The van der Waals surface area contributed by atoms with E-state index in [4.69, 9.17) is 11.6 Å². The molecule has 8 nitrogen and oxygen atoms in total. The third-order valence-electron chi connectivity index (χ3n) is 2.01. The fourth-order valence-corrected chi connectivity index (χ4v) is 2.03. The molecule has 2 aromatic rings. The molecule has 0 spiro atoms. The smallest absolute Gasteiger partial charge is 0.258 e. The normalized spacial score (nSPS) is 12.3. The van der Waals surface area contributed by atoms with Crippen LogP contribution in [0.3, 0.4) is 0 Å². The summed E-state index contributed by atoms with van der Waals surface area (Å²) in [6, 6.07) is 1.16. The van der Waals surface area contributed by atoms with Gasteiger partial charge in [0.15, 0.2) is 0 Å². The van der Waals surface area contributed by atoms with Crippen LogP contribution in [0.2, 0.25) is 5.02 Å². The van der Waals surface area contributed by atoms with Crippen molar-refractivity contribution in [2.75, 3.05) is 6.26 Å². The number of pyridine rings is 1. The quantitative estimate of drug-likeness (QED) is 0.615. The van der Waals surface area contributed by atoms with E-state index in [2.05, 4.69) is 15.2 Å². The van der Waals surface area contributed by atoms with Gasteiger partial charge >= 0.3 is 5.69 Å². The van der Waals surface area contributed by atoms with Gasteiger partial charge in [0.1, 0.15) is 6.33 Å². The van der Waals surface area contributed by atoms with Gasteiger partial charge in [-0.3, -0.25) is 18.9 Å². The monoisotopic (exact) mass is 287 g/mol. The number of halogens is 1. The van der Waals surface area contributed by atoms with E-state index in [0.717, 1.165) is 6.07 Å². The minimum atomic E-state index is -1.44. The molecule has 0 saturated heterocycles. The standard InChI is InChI=1S/C8H6ClN5O3S/c1-18(17)8-12-11-4-13(8)7-6(14(15)16)2-5(9)3-10-7/h2-4H,1H3. The number of hydrogen-bond donors (Lipinski definition) is 0. The highest BCUT2D eigenvalue weighted by atomic mass is 35.5. The summed E-state index contributed by atoms with van der Waals surface area (Å²) in [7, 11) is -1.44. The second-order valence-electron chi connectivity index (χ2n) is 3.19. The third kappa shape index (κ3) is 2.22. The molecule has 0 radical (unpaired) electrons. The van der Waals surface area contributed by atoms with Gasteiger partial charge in [0.25, 0.3) is 0 Å². The summed E-state index contributed by atoms with van der Waals surface area (Å²) in [4.78, 5) is 14.2. The van der Waals surface area contributed by atoms with E-state index < -0.39 is 15.7 Å². The van der Waals surface area contributed by atoms with E-state index in [-0.39, 0.29) is 21.7 Å². The minimum absolute atomic E-state index is 0.0281. The zero-order valence-corrected chi connectivity index (χ0v) is 10.6. The molecule has 2 heterocycles. The van der Waals surface area contributed by atoms with Crippen molar-refractivity contribution in [1.29, 1.82) is 0 Å². The van der Waals surface area contributed by atoms with Crippen LogP contribution in [0.4, 0.5) is 5.69 Å². The van der Waals surface area contributed by atoms with Gasteiger partial charge in [0.2, 0.25) is 11.0 Å². The van der Waals surface area contributed by atoms with Crippen molar-refractivity contribution in [3.05, 3.63) is 33.7 Å². The summed E-state index contributed by atoms with van der Waals surface area (Å²) in [5.74, 6) is -0.0281. The first-order valence-corrected chi connectivity index (χ1v) is 6.48. The van der Waals surface area contributed by atoms with E-state index in [1.165, 1.54) is 23.3 Å². The van der Waals surface area contributed by atoms with Crippen LogP contribution in [0.1, 0.15) is 0 Å². The Balaban J connectivity index is 2.67. The van der Waals surface area contributed by atoms with E-state index in [1.807, 2.05) is 0 Å². The van der Waals surface area contributed by atoms with Gasteiger partial charge in [-0.2, -0.15) is 0 Å². The molecule has 0 bridgehead atoms. The lowest BCUT2D eigenvalue weighted by Crippen LogP contribution is -2.06. The van der Waals surface area contributed by atoms with Crippen LogP contribution in [-0.2, 0) is 10.8 Å². The van der Waals surface area contributed by atoms with E-state index in [0.29, 0.717) is 0 Å². The van der Waals surface area contributed by atoms with Crippen LogP contribution in [0.15, 0.2) is 23.7 Å². The molecule has 0 aliphatic rings. The Bertz CT molecular complexity index is 643. The van der Waals surface area contributed by atoms with Crippen molar-refractivity contribution in [2.24, 2.45) is 0 Å². The largest absolute Gasteiger partial charge is 0.313 e. The zero-order chi connectivity index (χ0) is 13.3. The Morgan fingerprint density at radius 2 is 2.28 bits per heavy atom. The maximum Gasteiger partial charge on any atom is 0.313 e. The number of nitro groups is 1. The Labute approximate surface area is 108 Å². The highest BCUT2D eigenvalue weighted by molar-refractivity contribution is 7.84. The van der Waals surface area contributed by atoms with Gasteiger partial charge in [0.05, 0.1) is 20.7 Å².